The Morgan fingerprint density at radius 1 is 0.970 bits per heavy atom. The Morgan fingerprint density at radius 3 is 2.18 bits per heavy atom. The fraction of sp³-hybridized carbons (Fsp3) is 0.333. The van der Waals surface area contributed by atoms with Crippen molar-refractivity contribution in [2.24, 2.45) is 0 Å². The summed E-state index contributed by atoms with van der Waals surface area (Å²) in [5.41, 5.74) is -0.949. The molecule has 33 heavy (non-hydrogen) atoms. The van der Waals surface area contributed by atoms with Crippen molar-refractivity contribution >= 4 is 35.0 Å². The first kappa shape index (κ1) is 24.2. The molecular formula is C21H20F3N3O5S. The Balaban J connectivity index is 1.37. The van der Waals surface area contributed by atoms with Gasteiger partial charge in [0, 0.05) is 31.7 Å². The fourth-order valence-electron chi connectivity index (χ4n) is 3.06. The number of ether oxygens (including phenoxy) is 1. The highest BCUT2D eigenvalue weighted by Crippen LogP contribution is 2.29. The number of hydrogen-bond donors (Lipinski definition) is 1. The Hall–Kier alpha value is -3.41. The van der Waals surface area contributed by atoms with Gasteiger partial charge in [-0.15, -0.1) is 11.3 Å². The number of esters is 1. The molecule has 3 rings (SSSR count). The number of piperazine rings is 1. The largest absolute Gasteiger partial charge is 0.454 e. The minimum absolute atomic E-state index is 0.0538. The topological polar surface area (TPSA) is 96.0 Å². The van der Waals surface area contributed by atoms with Gasteiger partial charge in [0.15, 0.2) is 6.61 Å². The van der Waals surface area contributed by atoms with Crippen molar-refractivity contribution in [1.82, 2.24) is 15.1 Å². The van der Waals surface area contributed by atoms with Crippen molar-refractivity contribution in [3.05, 3.63) is 57.8 Å². The maximum Gasteiger partial charge on any atom is 0.416 e. The van der Waals surface area contributed by atoms with Crippen molar-refractivity contribution in [3.8, 4) is 0 Å². The number of carbonyl (C=O) groups excluding carboxylic acids is 4. The zero-order valence-corrected chi connectivity index (χ0v) is 18.1. The van der Waals surface area contributed by atoms with E-state index in [0.717, 1.165) is 24.3 Å². The number of rotatable bonds is 6. The summed E-state index contributed by atoms with van der Waals surface area (Å²) in [6.07, 6.45) is -4.52. The Morgan fingerprint density at radius 2 is 1.61 bits per heavy atom. The lowest BCUT2D eigenvalue weighted by molar-refractivity contribution is -0.151. The van der Waals surface area contributed by atoms with Crippen LogP contribution in [0.25, 0.3) is 0 Å². The van der Waals surface area contributed by atoms with Crippen LogP contribution in [0.3, 0.4) is 0 Å². The van der Waals surface area contributed by atoms with Crippen LogP contribution in [-0.4, -0.2) is 72.8 Å². The lowest BCUT2D eigenvalue weighted by Gasteiger charge is -2.34. The highest BCUT2D eigenvalue weighted by atomic mass is 32.1. The van der Waals surface area contributed by atoms with E-state index in [9.17, 15) is 32.3 Å². The van der Waals surface area contributed by atoms with Crippen molar-refractivity contribution < 1.29 is 37.1 Å². The van der Waals surface area contributed by atoms with E-state index in [0.29, 0.717) is 31.1 Å². The number of halogens is 3. The van der Waals surface area contributed by atoms with Crippen LogP contribution in [0.1, 0.15) is 25.6 Å². The monoisotopic (exact) mass is 483 g/mol. The Bertz CT molecular complexity index is 1000. The number of thiophene rings is 1. The molecule has 1 aliphatic heterocycles. The lowest BCUT2D eigenvalue weighted by Crippen LogP contribution is -2.51. The van der Waals surface area contributed by atoms with Gasteiger partial charge >= 0.3 is 12.1 Å². The van der Waals surface area contributed by atoms with Crippen molar-refractivity contribution in [2.75, 3.05) is 39.3 Å². The molecule has 1 aromatic carbocycles. The van der Waals surface area contributed by atoms with Gasteiger partial charge in [-0.25, -0.2) is 0 Å². The van der Waals surface area contributed by atoms with E-state index in [1.54, 1.807) is 17.0 Å². The van der Waals surface area contributed by atoms with Crippen LogP contribution in [0.2, 0.25) is 0 Å². The smallest absolute Gasteiger partial charge is 0.416 e. The molecule has 0 saturated carbocycles. The van der Waals surface area contributed by atoms with E-state index in [-0.39, 0.29) is 11.5 Å². The lowest BCUT2D eigenvalue weighted by atomic mass is 10.1. The summed E-state index contributed by atoms with van der Waals surface area (Å²) >= 11 is 1.35. The van der Waals surface area contributed by atoms with Crippen molar-refractivity contribution in [3.63, 3.8) is 0 Å². The molecule has 1 aliphatic rings. The number of nitrogens with one attached hydrogen (secondary N) is 1. The number of carbonyl (C=O) groups is 4. The third kappa shape index (κ3) is 6.54. The molecule has 12 heteroatoms. The average molecular weight is 483 g/mol. The molecule has 0 atom stereocenters. The minimum atomic E-state index is -4.52. The van der Waals surface area contributed by atoms with Crippen molar-refractivity contribution in [1.29, 1.82) is 0 Å². The maximum absolute atomic E-state index is 12.6. The van der Waals surface area contributed by atoms with Gasteiger partial charge in [-0.05, 0) is 35.7 Å². The zero-order chi connectivity index (χ0) is 24.0. The second kappa shape index (κ2) is 10.5. The van der Waals surface area contributed by atoms with E-state index in [4.69, 9.17) is 4.74 Å². The quantitative estimate of drug-likeness (QED) is 0.635. The van der Waals surface area contributed by atoms with E-state index in [1.165, 1.54) is 16.2 Å². The van der Waals surface area contributed by atoms with E-state index >= 15 is 0 Å². The number of nitrogens with zero attached hydrogens (tertiary/aromatic N) is 2. The number of amides is 3. The number of hydrogen-bond acceptors (Lipinski definition) is 6. The summed E-state index contributed by atoms with van der Waals surface area (Å²) in [5, 5.41) is 4.04. The molecule has 0 bridgehead atoms. The molecule has 0 radical (unpaired) electrons. The Labute approximate surface area is 190 Å². The standard InChI is InChI=1S/C21H20F3N3O5S/c22-21(23,24)15-5-3-14(4-6-15)19(30)25-12-18(29)32-13-17(28)26-7-9-27(10-8-26)20(31)16-2-1-11-33-16/h1-6,11H,7-10,12-13H2,(H,25,30). The van der Waals surface area contributed by atoms with Gasteiger partial charge in [-0.2, -0.15) is 13.2 Å². The summed E-state index contributed by atoms with van der Waals surface area (Å²) in [5.74, 6) is -2.14. The first-order valence-electron chi connectivity index (χ1n) is 9.87. The second-order valence-electron chi connectivity index (χ2n) is 7.07. The van der Waals surface area contributed by atoms with Gasteiger partial charge in [-0.3, -0.25) is 19.2 Å². The summed E-state index contributed by atoms with van der Waals surface area (Å²) in [7, 11) is 0. The fourth-order valence-corrected chi connectivity index (χ4v) is 3.76. The summed E-state index contributed by atoms with van der Waals surface area (Å²) < 4.78 is 42.6. The minimum Gasteiger partial charge on any atom is -0.454 e. The Kier molecular flexibility index (Phi) is 7.69. The summed E-state index contributed by atoms with van der Waals surface area (Å²) in [6.45, 7) is 0.263. The van der Waals surface area contributed by atoms with Gasteiger partial charge in [0.1, 0.15) is 6.54 Å². The van der Waals surface area contributed by atoms with Gasteiger partial charge in [0.05, 0.1) is 10.4 Å². The molecule has 0 spiro atoms. The first-order valence-corrected chi connectivity index (χ1v) is 10.7. The van der Waals surface area contributed by atoms with E-state index < -0.39 is 42.7 Å². The molecule has 176 valence electrons. The molecule has 3 amide bonds. The zero-order valence-electron chi connectivity index (χ0n) is 17.3. The molecule has 1 saturated heterocycles. The van der Waals surface area contributed by atoms with Crippen LogP contribution in [0, 0.1) is 0 Å². The van der Waals surface area contributed by atoms with Crippen LogP contribution in [0.15, 0.2) is 41.8 Å². The van der Waals surface area contributed by atoms with Crippen LogP contribution in [0.5, 0.6) is 0 Å². The maximum atomic E-state index is 12.6. The molecule has 1 aromatic heterocycles. The molecule has 2 heterocycles. The highest BCUT2D eigenvalue weighted by Gasteiger charge is 2.30. The summed E-state index contributed by atoms with van der Waals surface area (Å²) in [4.78, 5) is 52.1. The molecule has 2 aromatic rings. The predicted molar refractivity (Wildman–Crippen MR) is 112 cm³/mol. The average Bonchev–Trinajstić information content (AvgIpc) is 3.35. The second-order valence-corrected chi connectivity index (χ2v) is 8.02. The molecule has 8 nitrogen and oxygen atoms in total. The van der Waals surface area contributed by atoms with Gasteiger partial charge in [0.2, 0.25) is 0 Å². The number of benzene rings is 1. The highest BCUT2D eigenvalue weighted by molar-refractivity contribution is 7.12. The normalized spacial score (nSPS) is 14.0. The first-order chi connectivity index (χ1) is 15.6. The van der Waals surface area contributed by atoms with Crippen LogP contribution >= 0.6 is 11.3 Å². The van der Waals surface area contributed by atoms with Crippen molar-refractivity contribution in [2.45, 2.75) is 6.18 Å². The van der Waals surface area contributed by atoms with Gasteiger partial charge < -0.3 is 19.9 Å². The van der Waals surface area contributed by atoms with Crippen LogP contribution in [0.4, 0.5) is 13.2 Å². The molecule has 1 N–H and O–H groups in total. The molecule has 1 fully saturated rings. The van der Waals surface area contributed by atoms with Gasteiger partial charge in [0.25, 0.3) is 17.7 Å². The number of alkyl halides is 3. The van der Waals surface area contributed by atoms with E-state index in [1.807, 2.05) is 5.38 Å². The molecule has 0 unspecified atom stereocenters. The SMILES string of the molecule is O=C(CNC(=O)c1ccc(C(F)(F)F)cc1)OCC(=O)N1CCN(C(=O)c2cccs2)CC1. The third-order valence-electron chi connectivity index (χ3n) is 4.88. The predicted octanol–water partition coefficient (Wildman–Crippen LogP) is 2.02. The third-order valence-corrected chi connectivity index (χ3v) is 5.73. The molecular weight excluding hydrogens is 463 g/mol. The van der Waals surface area contributed by atoms with Crippen LogP contribution in [-0.2, 0) is 20.5 Å². The van der Waals surface area contributed by atoms with E-state index in [2.05, 4.69) is 5.32 Å². The summed E-state index contributed by atoms with van der Waals surface area (Å²) in [6, 6.07) is 7.04. The van der Waals surface area contributed by atoms with Gasteiger partial charge in [-0.1, -0.05) is 6.07 Å². The molecule has 0 aliphatic carbocycles. The van der Waals surface area contributed by atoms with Crippen LogP contribution < -0.4 is 5.32 Å².